The van der Waals surface area contributed by atoms with Crippen LogP contribution in [-0.4, -0.2) is 0 Å². The Morgan fingerprint density at radius 3 is 2.75 bits per heavy atom. The molecule has 5 atom stereocenters. The fourth-order valence-electron chi connectivity index (χ4n) is 5.21. The van der Waals surface area contributed by atoms with Crippen molar-refractivity contribution in [1.29, 1.82) is 0 Å². The Morgan fingerprint density at radius 2 is 1.94 bits per heavy atom. The van der Waals surface area contributed by atoms with Gasteiger partial charge in [0.25, 0.3) is 0 Å². The van der Waals surface area contributed by atoms with Crippen LogP contribution in [0.1, 0.15) is 58.3 Å². The van der Waals surface area contributed by atoms with Crippen LogP contribution in [0.25, 0.3) is 0 Å². The minimum atomic E-state index is 1.10. The van der Waals surface area contributed by atoms with E-state index in [0.717, 1.165) is 23.7 Å². The fraction of sp³-hybridized carbons (Fsp3) is 0.875. The van der Waals surface area contributed by atoms with E-state index in [9.17, 15) is 0 Å². The average Bonchev–Trinajstić information content (AvgIpc) is 2.87. The maximum atomic E-state index is 4.02. The highest BCUT2D eigenvalue weighted by atomic mass is 14.6. The van der Waals surface area contributed by atoms with Crippen LogP contribution in [0.5, 0.6) is 0 Å². The molecule has 0 heteroatoms. The van der Waals surface area contributed by atoms with E-state index in [4.69, 9.17) is 0 Å². The highest BCUT2D eigenvalue weighted by Crippen LogP contribution is 2.61. The number of hydrogen-bond acceptors (Lipinski definition) is 0. The molecule has 16 heavy (non-hydrogen) atoms. The molecule has 3 fully saturated rings. The first-order chi connectivity index (χ1) is 7.75. The van der Waals surface area contributed by atoms with Gasteiger partial charge in [-0.3, -0.25) is 0 Å². The molecule has 0 aromatic carbocycles. The molecule has 0 aliphatic heterocycles. The molecule has 0 spiro atoms. The van der Waals surface area contributed by atoms with Crippen LogP contribution < -0.4 is 0 Å². The quantitative estimate of drug-likeness (QED) is 0.594. The summed E-state index contributed by atoms with van der Waals surface area (Å²) in [6.45, 7) is 6.19. The van der Waals surface area contributed by atoms with Crippen molar-refractivity contribution in [1.82, 2.24) is 0 Å². The monoisotopic (exact) mass is 218 g/mol. The minimum absolute atomic E-state index is 1.10. The fourth-order valence-corrected chi connectivity index (χ4v) is 5.21. The van der Waals surface area contributed by atoms with Gasteiger partial charge < -0.3 is 0 Å². The van der Waals surface area contributed by atoms with Crippen molar-refractivity contribution in [2.24, 2.45) is 29.6 Å². The molecule has 0 nitrogen and oxygen atoms in total. The van der Waals surface area contributed by atoms with Crippen LogP contribution >= 0.6 is 0 Å². The molecule has 0 aromatic rings. The zero-order chi connectivity index (χ0) is 11.1. The number of rotatable bonds is 4. The van der Waals surface area contributed by atoms with E-state index in [2.05, 4.69) is 13.5 Å². The molecule has 0 radical (unpaired) electrons. The van der Waals surface area contributed by atoms with Gasteiger partial charge in [0.05, 0.1) is 0 Å². The maximum absolute atomic E-state index is 4.02. The Labute approximate surface area is 101 Å². The van der Waals surface area contributed by atoms with Crippen molar-refractivity contribution in [3.8, 4) is 0 Å². The van der Waals surface area contributed by atoms with Gasteiger partial charge in [-0.1, -0.05) is 12.0 Å². The third-order valence-electron chi connectivity index (χ3n) is 5.74. The lowest BCUT2D eigenvalue weighted by molar-refractivity contribution is 0.179. The summed E-state index contributed by atoms with van der Waals surface area (Å²) in [6, 6.07) is 0. The van der Waals surface area contributed by atoms with Crippen LogP contribution in [0.2, 0.25) is 0 Å². The first-order valence-electron chi connectivity index (χ1n) is 7.40. The van der Waals surface area contributed by atoms with Crippen LogP contribution in [-0.2, 0) is 0 Å². The summed E-state index contributed by atoms with van der Waals surface area (Å²) in [5.41, 5.74) is 1.38. The molecule has 3 aliphatic carbocycles. The van der Waals surface area contributed by atoms with E-state index in [-0.39, 0.29) is 0 Å². The smallest absolute Gasteiger partial charge is 0.0326 e. The molecular formula is C16H26. The van der Waals surface area contributed by atoms with E-state index in [1.807, 2.05) is 0 Å². The van der Waals surface area contributed by atoms with E-state index < -0.39 is 0 Å². The second-order valence-corrected chi connectivity index (χ2v) is 6.76. The Bertz CT molecular complexity index is 278. The molecular weight excluding hydrogens is 192 g/mol. The van der Waals surface area contributed by atoms with E-state index in [0.29, 0.717) is 0 Å². The maximum Gasteiger partial charge on any atom is -0.0326 e. The largest absolute Gasteiger partial charge is 0.100 e. The summed E-state index contributed by atoms with van der Waals surface area (Å²) in [7, 11) is 0. The zero-order valence-electron chi connectivity index (χ0n) is 10.8. The van der Waals surface area contributed by atoms with Crippen molar-refractivity contribution >= 4 is 0 Å². The van der Waals surface area contributed by atoms with Gasteiger partial charge in [0.15, 0.2) is 0 Å². The van der Waals surface area contributed by atoms with Gasteiger partial charge in [-0.05, 0) is 81.5 Å². The lowest BCUT2D eigenvalue weighted by Crippen LogP contribution is -2.24. The number of fused-ring (bicyclic) bond motifs is 5. The molecule has 0 amide bonds. The first-order valence-corrected chi connectivity index (χ1v) is 7.40. The van der Waals surface area contributed by atoms with Crippen molar-refractivity contribution in [3.63, 3.8) is 0 Å². The number of hydrogen-bond donors (Lipinski definition) is 0. The van der Waals surface area contributed by atoms with Crippen molar-refractivity contribution in [3.05, 3.63) is 12.2 Å². The van der Waals surface area contributed by atoms with Gasteiger partial charge in [0.2, 0.25) is 0 Å². The molecule has 3 saturated carbocycles. The third kappa shape index (κ3) is 1.75. The Morgan fingerprint density at radius 1 is 1.12 bits per heavy atom. The molecule has 5 unspecified atom stereocenters. The van der Waals surface area contributed by atoms with Gasteiger partial charge in [-0.15, -0.1) is 6.58 Å². The van der Waals surface area contributed by atoms with Crippen LogP contribution in [0.4, 0.5) is 0 Å². The lowest BCUT2D eigenvalue weighted by atomic mass is 9.74. The normalized spacial score (nSPS) is 44.9. The van der Waals surface area contributed by atoms with Crippen LogP contribution in [0.15, 0.2) is 12.2 Å². The van der Waals surface area contributed by atoms with Crippen LogP contribution in [0, 0.1) is 29.6 Å². The van der Waals surface area contributed by atoms with Gasteiger partial charge in [0.1, 0.15) is 0 Å². The van der Waals surface area contributed by atoms with Crippen molar-refractivity contribution < 1.29 is 0 Å². The second kappa shape index (κ2) is 4.20. The highest BCUT2D eigenvalue weighted by molar-refractivity contribution is 5.02. The Kier molecular flexibility index (Phi) is 2.85. The molecule has 0 aromatic heterocycles. The number of allylic oxidation sites excluding steroid dienone is 1. The third-order valence-corrected chi connectivity index (χ3v) is 5.74. The molecule has 2 bridgehead atoms. The SMILES string of the molecule is C=C(C)CCCC1CC2CC1C1CCCC21. The minimum Gasteiger partial charge on any atom is -0.100 e. The highest BCUT2D eigenvalue weighted by Gasteiger charge is 2.53. The lowest BCUT2D eigenvalue weighted by Gasteiger charge is -2.31. The Hall–Kier alpha value is -0.260. The topological polar surface area (TPSA) is 0 Å². The average molecular weight is 218 g/mol. The van der Waals surface area contributed by atoms with Gasteiger partial charge in [-0.25, -0.2) is 0 Å². The summed E-state index contributed by atoms with van der Waals surface area (Å²) in [6.07, 6.45) is 12.0. The van der Waals surface area contributed by atoms with Crippen molar-refractivity contribution in [2.75, 3.05) is 0 Å². The van der Waals surface area contributed by atoms with E-state index >= 15 is 0 Å². The molecule has 0 heterocycles. The summed E-state index contributed by atoms with van der Waals surface area (Å²) in [4.78, 5) is 0. The van der Waals surface area contributed by atoms with E-state index in [1.54, 1.807) is 32.1 Å². The summed E-state index contributed by atoms with van der Waals surface area (Å²) >= 11 is 0. The first kappa shape index (κ1) is 10.9. The van der Waals surface area contributed by atoms with E-state index in [1.165, 1.54) is 30.8 Å². The molecule has 3 aliphatic rings. The van der Waals surface area contributed by atoms with Gasteiger partial charge in [-0.2, -0.15) is 0 Å². The predicted octanol–water partition coefficient (Wildman–Crippen LogP) is 4.81. The summed E-state index contributed by atoms with van der Waals surface area (Å²) in [5, 5.41) is 0. The molecule has 90 valence electrons. The van der Waals surface area contributed by atoms with Gasteiger partial charge >= 0.3 is 0 Å². The second-order valence-electron chi connectivity index (χ2n) is 6.76. The molecule has 3 rings (SSSR count). The summed E-state index contributed by atoms with van der Waals surface area (Å²) in [5.74, 6) is 5.72. The predicted molar refractivity (Wildman–Crippen MR) is 69.2 cm³/mol. The molecule has 0 N–H and O–H groups in total. The zero-order valence-corrected chi connectivity index (χ0v) is 10.8. The molecule has 0 saturated heterocycles. The summed E-state index contributed by atoms with van der Waals surface area (Å²) < 4.78 is 0. The van der Waals surface area contributed by atoms with Crippen molar-refractivity contribution in [2.45, 2.75) is 58.3 Å². The van der Waals surface area contributed by atoms with Gasteiger partial charge in [0, 0.05) is 0 Å². The standard InChI is InChI=1S/C16H26/c1-11(2)5-3-6-12-9-13-10-16(12)15-8-4-7-14(13)15/h12-16H,1,3-10H2,2H3. The van der Waals surface area contributed by atoms with Crippen LogP contribution in [0.3, 0.4) is 0 Å². The Balaban J connectivity index is 1.54.